The summed E-state index contributed by atoms with van der Waals surface area (Å²) in [6.45, 7) is 1.14. The highest BCUT2D eigenvalue weighted by molar-refractivity contribution is 5.86. The van der Waals surface area contributed by atoms with E-state index in [9.17, 15) is 22.4 Å². The van der Waals surface area contributed by atoms with Gasteiger partial charge < -0.3 is 5.11 Å². The third-order valence-corrected chi connectivity index (χ3v) is 2.40. The number of hydrogen-bond acceptors (Lipinski definition) is 3. The minimum absolute atomic E-state index is 0.0402. The van der Waals surface area contributed by atoms with Crippen LogP contribution in [0.15, 0.2) is 6.07 Å². The van der Waals surface area contributed by atoms with E-state index in [0.29, 0.717) is 4.68 Å². The number of hydrogen-bond donors (Lipinski definition) is 1. The second-order valence-electron chi connectivity index (χ2n) is 3.56. The predicted molar refractivity (Wildman–Crippen MR) is 52.9 cm³/mol. The predicted octanol–water partition coefficient (Wildman–Crippen LogP) is 1.83. The van der Waals surface area contributed by atoms with Crippen LogP contribution in [-0.2, 0) is 0 Å². The van der Waals surface area contributed by atoms with Gasteiger partial charge in [0.2, 0.25) is 0 Å². The molecule has 0 unspecified atom stereocenters. The maximum atomic E-state index is 13.5. The lowest BCUT2D eigenvalue weighted by molar-refractivity contribution is 0.0689. The van der Waals surface area contributed by atoms with Gasteiger partial charge in [-0.15, -0.1) is 5.10 Å². The smallest absolute Gasteiger partial charge is 0.358 e. The Labute approximate surface area is 103 Å². The van der Waals surface area contributed by atoms with Crippen LogP contribution in [0.3, 0.4) is 0 Å². The van der Waals surface area contributed by atoms with Crippen molar-refractivity contribution in [2.75, 3.05) is 0 Å². The fourth-order valence-corrected chi connectivity index (χ4v) is 1.49. The van der Waals surface area contributed by atoms with Crippen LogP contribution in [-0.4, -0.2) is 26.1 Å². The highest BCUT2D eigenvalue weighted by Crippen LogP contribution is 2.24. The average molecular weight is 275 g/mol. The van der Waals surface area contributed by atoms with Crippen molar-refractivity contribution < 1.29 is 27.5 Å². The number of aromatic nitrogens is 3. The highest BCUT2D eigenvalue weighted by Gasteiger charge is 2.25. The lowest BCUT2D eigenvalue weighted by atomic mass is 10.2. The Hall–Kier alpha value is -2.45. The Morgan fingerprint density at radius 2 is 1.74 bits per heavy atom. The summed E-state index contributed by atoms with van der Waals surface area (Å²) >= 11 is 0. The maximum Gasteiger partial charge on any atom is 0.358 e. The van der Waals surface area contributed by atoms with Crippen molar-refractivity contribution in [3.63, 3.8) is 0 Å². The summed E-state index contributed by atoms with van der Waals surface area (Å²) in [7, 11) is 0. The quantitative estimate of drug-likeness (QED) is 0.670. The van der Waals surface area contributed by atoms with E-state index in [1.165, 1.54) is 0 Å². The third-order valence-electron chi connectivity index (χ3n) is 2.40. The Kier molecular flexibility index (Phi) is 2.97. The molecule has 0 saturated heterocycles. The van der Waals surface area contributed by atoms with Gasteiger partial charge in [0.25, 0.3) is 0 Å². The fraction of sp³-hybridized carbons (Fsp3) is 0.100. The second kappa shape index (κ2) is 4.34. The summed E-state index contributed by atoms with van der Waals surface area (Å²) in [5.74, 6) is -8.12. The Morgan fingerprint density at radius 3 is 2.16 bits per heavy atom. The van der Waals surface area contributed by atoms with E-state index in [0.717, 1.165) is 6.92 Å². The summed E-state index contributed by atoms with van der Waals surface area (Å²) in [6.07, 6.45) is 0. The minimum atomic E-state index is -1.69. The molecule has 1 heterocycles. The van der Waals surface area contributed by atoms with E-state index in [-0.39, 0.29) is 11.8 Å². The van der Waals surface area contributed by atoms with Crippen molar-refractivity contribution in [2.45, 2.75) is 6.92 Å². The van der Waals surface area contributed by atoms with E-state index in [1.807, 2.05) is 0 Å². The van der Waals surface area contributed by atoms with Crippen LogP contribution in [0, 0.1) is 30.2 Å². The van der Waals surface area contributed by atoms with E-state index in [1.54, 1.807) is 0 Å². The Balaban J connectivity index is 2.76. The number of nitrogens with zero attached hydrogens (tertiary/aromatic N) is 3. The van der Waals surface area contributed by atoms with Crippen molar-refractivity contribution in [2.24, 2.45) is 0 Å². The van der Waals surface area contributed by atoms with Crippen molar-refractivity contribution in [1.82, 2.24) is 15.0 Å². The van der Waals surface area contributed by atoms with Gasteiger partial charge in [0.15, 0.2) is 29.0 Å². The topological polar surface area (TPSA) is 68.0 Å². The monoisotopic (exact) mass is 275 g/mol. The molecule has 0 fully saturated rings. The number of aromatic carboxylic acids is 1. The number of carboxylic acid groups (broad SMARTS) is 1. The van der Waals surface area contributed by atoms with Crippen molar-refractivity contribution in [3.05, 3.63) is 40.7 Å². The van der Waals surface area contributed by atoms with Crippen LogP contribution >= 0.6 is 0 Å². The zero-order valence-electron chi connectivity index (χ0n) is 9.29. The van der Waals surface area contributed by atoms with Gasteiger partial charge in [-0.3, -0.25) is 0 Å². The standard InChI is InChI=1S/C10H5F4N3O2/c1-3-8(10(18)19)15-16-17(3)9-6(13)4(11)2-5(12)7(9)14/h2H,1H3,(H,18,19). The van der Waals surface area contributed by atoms with Gasteiger partial charge in [-0.05, 0) is 6.92 Å². The highest BCUT2D eigenvalue weighted by atomic mass is 19.2. The van der Waals surface area contributed by atoms with Crippen LogP contribution < -0.4 is 0 Å². The summed E-state index contributed by atoms with van der Waals surface area (Å²) in [4.78, 5) is 10.7. The van der Waals surface area contributed by atoms with Crippen molar-refractivity contribution >= 4 is 5.97 Å². The van der Waals surface area contributed by atoms with Crippen LogP contribution in [0.25, 0.3) is 5.69 Å². The second-order valence-corrected chi connectivity index (χ2v) is 3.56. The molecule has 0 spiro atoms. The molecular weight excluding hydrogens is 270 g/mol. The molecule has 9 heteroatoms. The summed E-state index contributed by atoms with van der Waals surface area (Å²) in [6, 6.07) is 0.0402. The SMILES string of the molecule is Cc1c(C(=O)O)nnn1-c1c(F)c(F)cc(F)c1F. The van der Waals surface area contributed by atoms with Crippen molar-refractivity contribution in [3.8, 4) is 5.69 Å². The molecule has 2 aromatic rings. The molecule has 0 atom stereocenters. The molecule has 1 N–H and O–H groups in total. The molecule has 0 aliphatic rings. The molecule has 0 bridgehead atoms. The normalized spacial score (nSPS) is 10.8. The van der Waals surface area contributed by atoms with E-state index < -0.39 is 40.6 Å². The van der Waals surface area contributed by atoms with Gasteiger partial charge in [-0.2, -0.15) is 0 Å². The molecule has 0 radical (unpaired) electrons. The van der Waals surface area contributed by atoms with Gasteiger partial charge in [0, 0.05) is 6.07 Å². The number of carboxylic acids is 1. The third kappa shape index (κ3) is 1.92. The first-order valence-electron chi connectivity index (χ1n) is 4.83. The molecule has 2 rings (SSSR count). The van der Waals surface area contributed by atoms with Crippen molar-refractivity contribution in [1.29, 1.82) is 0 Å². The van der Waals surface area contributed by atoms with E-state index >= 15 is 0 Å². The first kappa shape index (κ1) is 13.0. The molecule has 100 valence electrons. The molecule has 1 aromatic heterocycles. The van der Waals surface area contributed by atoms with E-state index in [2.05, 4.69) is 10.3 Å². The van der Waals surface area contributed by atoms with Gasteiger partial charge >= 0.3 is 5.97 Å². The number of rotatable bonds is 2. The van der Waals surface area contributed by atoms with Crippen LogP contribution in [0.4, 0.5) is 17.6 Å². The number of halogens is 4. The zero-order chi connectivity index (χ0) is 14.3. The summed E-state index contributed by atoms with van der Waals surface area (Å²) in [5, 5.41) is 15.1. The molecular formula is C10H5F4N3O2. The molecule has 19 heavy (non-hydrogen) atoms. The molecule has 0 aliphatic heterocycles. The van der Waals surface area contributed by atoms with Crippen LogP contribution in [0.5, 0.6) is 0 Å². The van der Waals surface area contributed by atoms with Crippen LogP contribution in [0.2, 0.25) is 0 Å². The number of benzene rings is 1. The molecule has 0 amide bonds. The summed E-state index contributed by atoms with van der Waals surface area (Å²) < 4.78 is 53.5. The minimum Gasteiger partial charge on any atom is -0.476 e. The maximum absolute atomic E-state index is 13.5. The summed E-state index contributed by atoms with van der Waals surface area (Å²) in [5.41, 5.74) is -2.01. The van der Waals surface area contributed by atoms with Gasteiger partial charge in [0.05, 0.1) is 5.69 Å². The number of carbonyl (C=O) groups is 1. The Morgan fingerprint density at radius 1 is 1.21 bits per heavy atom. The lowest BCUT2D eigenvalue weighted by Gasteiger charge is -2.07. The lowest BCUT2D eigenvalue weighted by Crippen LogP contribution is -2.10. The molecule has 5 nitrogen and oxygen atoms in total. The van der Waals surface area contributed by atoms with Crippen LogP contribution in [0.1, 0.15) is 16.2 Å². The molecule has 0 saturated carbocycles. The largest absolute Gasteiger partial charge is 0.476 e. The first-order chi connectivity index (χ1) is 8.84. The molecule has 0 aliphatic carbocycles. The average Bonchev–Trinajstić information content (AvgIpc) is 2.70. The van der Waals surface area contributed by atoms with Gasteiger partial charge in [-0.1, -0.05) is 5.21 Å². The van der Waals surface area contributed by atoms with Gasteiger partial charge in [-0.25, -0.2) is 27.0 Å². The van der Waals surface area contributed by atoms with E-state index in [4.69, 9.17) is 5.11 Å². The Bertz CT molecular complexity index is 658. The molecule has 1 aromatic carbocycles. The zero-order valence-corrected chi connectivity index (χ0v) is 9.29. The fourth-order valence-electron chi connectivity index (χ4n) is 1.49. The first-order valence-corrected chi connectivity index (χ1v) is 4.83. The van der Waals surface area contributed by atoms with Gasteiger partial charge in [0.1, 0.15) is 5.69 Å².